The fraction of sp³-hybridized carbons (Fsp3) is 0.472. The fourth-order valence-corrected chi connectivity index (χ4v) is 9.43. The lowest BCUT2D eigenvalue weighted by Gasteiger charge is -2.42. The molecule has 3 fully saturated rings. The summed E-state index contributed by atoms with van der Waals surface area (Å²) in [5.74, 6) is 2.68. The van der Waals surface area contributed by atoms with E-state index in [0.29, 0.717) is 39.7 Å². The maximum Gasteiger partial charge on any atom is 0.434 e. The number of rotatable bonds is 6. The van der Waals surface area contributed by atoms with E-state index < -0.39 is 11.9 Å². The van der Waals surface area contributed by atoms with Gasteiger partial charge in [-0.25, -0.2) is 24.9 Å². The molecule has 2 saturated heterocycles. The highest BCUT2D eigenvalue weighted by Gasteiger charge is 2.43. The third kappa shape index (κ3) is 8.81. The molecule has 0 bridgehead atoms. The van der Waals surface area contributed by atoms with Crippen LogP contribution < -0.4 is 27.0 Å². The monoisotopic (exact) mass is 814 g/mol. The van der Waals surface area contributed by atoms with E-state index in [-0.39, 0.29) is 21.3 Å². The van der Waals surface area contributed by atoms with Gasteiger partial charge >= 0.3 is 6.18 Å². The first-order valence-electron chi connectivity index (χ1n) is 18.0. The Bertz CT molecular complexity index is 2030. The van der Waals surface area contributed by atoms with E-state index >= 15 is 0 Å². The number of nitrogens with zero attached hydrogens (tertiary/aromatic N) is 9. The largest absolute Gasteiger partial charge is 0.479 e. The van der Waals surface area contributed by atoms with Crippen LogP contribution >= 0.6 is 35.1 Å². The minimum absolute atomic E-state index is 0.0665. The molecule has 3 aliphatic heterocycles. The number of nitrogens with two attached hydrogens (primary N) is 3. The molecular weight excluding hydrogens is 773 g/mol. The van der Waals surface area contributed by atoms with E-state index in [9.17, 15) is 13.2 Å². The SMILES string of the molecule is CC1=NC2(CCN(c3cnc(Sc4cccnc4C(F)(F)F)c(N)n3)CC2)CO1.Nc1nc(N2CCC3(CCC[C@H]3N)CC2)cnc1Sc1ccncc1Cl. The molecule has 4 aliphatic rings. The molecule has 292 valence electrons. The molecule has 13 nitrogen and oxygen atoms in total. The molecule has 7 heterocycles. The number of aromatic nitrogens is 6. The van der Waals surface area contributed by atoms with Crippen molar-refractivity contribution in [2.24, 2.45) is 16.1 Å². The molecule has 19 heteroatoms. The molecule has 8 rings (SSSR count). The van der Waals surface area contributed by atoms with Crippen LogP contribution in [0.5, 0.6) is 0 Å². The first-order valence-corrected chi connectivity index (χ1v) is 20.0. The van der Waals surface area contributed by atoms with Gasteiger partial charge < -0.3 is 31.7 Å². The highest BCUT2D eigenvalue weighted by Crippen LogP contribution is 2.46. The third-order valence-electron chi connectivity index (χ3n) is 10.7. The number of piperidine rings is 2. The van der Waals surface area contributed by atoms with Crippen molar-refractivity contribution in [3.05, 3.63) is 59.9 Å². The van der Waals surface area contributed by atoms with Crippen LogP contribution in [0.1, 0.15) is 57.6 Å². The number of alkyl halides is 3. The highest BCUT2D eigenvalue weighted by atomic mass is 35.5. The maximum atomic E-state index is 13.1. The summed E-state index contributed by atoms with van der Waals surface area (Å²) in [4.78, 5) is 34.9. The summed E-state index contributed by atoms with van der Waals surface area (Å²) in [7, 11) is 0. The van der Waals surface area contributed by atoms with E-state index in [1.807, 2.05) is 13.0 Å². The minimum Gasteiger partial charge on any atom is -0.479 e. The van der Waals surface area contributed by atoms with E-state index in [1.165, 1.54) is 36.7 Å². The number of hydrogen-bond acceptors (Lipinski definition) is 15. The molecule has 4 aromatic heterocycles. The second-order valence-corrected chi connectivity index (χ2v) is 16.6. The molecule has 0 radical (unpaired) electrons. The smallest absolute Gasteiger partial charge is 0.434 e. The number of halogens is 4. The summed E-state index contributed by atoms with van der Waals surface area (Å²) in [6.45, 7) is 5.83. The first kappa shape index (κ1) is 39.1. The van der Waals surface area contributed by atoms with Crippen molar-refractivity contribution in [1.82, 2.24) is 29.9 Å². The number of anilines is 4. The van der Waals surface area contributed by atoms with Crippen molar-refractivity contribution >= 4 is 64.3 Å². The Labute approximate surface area is 330 Å². The Morgan fingerprint density at radius 1 is 0.836 bits per heavy atom. The zero-order chi connectivity index (χ0) is 38.8. The maximum absolute atomic E-state index is 13.1. The number of hydrogen-bond donors (Lipinski definition) is 3. The molecular formula is C36H42ClF3N12OS2. The van der Waals surface area contributed by atoms with Gasteiger partial charge in [-0.3, -0.25) is 9.97 Å². The molecule has 4 aromatic rings. The van der Waals surface area contributed by atoms with Crippen LogP contribution in [0.4, 0.5) is 36.4 Å². The van der Waals surface area contributed by atoms with Crippen molar-refractivity contribution < 1.29 is 17.9 Å². The van der Waals surface area contributed by atoms with Crippen molar-refractivity contribution in [3.8, 4) is 0 Å². The Kier molecular flexibility index (Phi) is 11.5. The lowest BCUT2D eigenvalue weighted by Crippen LogP contribution is -2.47. The van der Waals surface area contributed by atoms with Gasteiger partial charge in [-0.1, -0.05) is 41.5 Å². The molecule has 0 unspecified atom stereocenters. The molecule has 55 heavy (non-hydrogen) atoms. The normalized spacial score (nSPS) is 20.3. The number of aliphatic imine (C=N–C) groups is 1. The predicted molar refractivity (Wildman–Crippen MR) is 209 cm³/mol. The van der Waals surface area contributed by atoms with Crippen LogP contribution in [0.25, 0.3) is 0 Å². The average Bonchev–Trinajstić information content (AvgIpc) is 3.71. The van der Waals surface area contributed by atoms with Crippen LogP contribution in [-0.4, -0.2) is 80.2 Å². The van der Waals surface area contributed by atoms with Gasteiger partial charge in [0.1, 0.15) is 33.8 Å². The van der Waals surface area contributed by atoms with Gasteiger partial charge in [0.05, 0.1) is 17.4 Å². The Balaban J connectivity index is 0.000000170. The van der Waals surface area contributed by atoms with Gasteiger partial charge in [-0.05, 0) is 62.1 Å². The van der Waals surface area contributed by atoms with Gasteiger partial charge in [0.2, 0.25) is 0 Å². The van der Waals surface area contributed by atoms with Crippen LogP contribution in [0, 0.1) is 5.41 Å². The van der Waals surface area contributed by atoms with Crippen LogP contribution in [0.15, 0.2) is 74.0 Å². The minimum atomic E-state index is -4.56. The molecule has 0 aromatic carbocycles. The highest BCUT2D eigenvalue weighted by molar-refractivity contribution is 7.99. The Hall–Kier alpha value is -4.13. The number of nitrogen functional groups attached to an aromatic ring is 2. The van der Waals surface area contributed by atoms with Crippen molar-refractivity contribution in [2.45, 2.75) is 89.5 Å². The lowest BCUT2D eigenvalue weighted by molar-refractivity contribution is -0.143. The van der Waals surface area contributed by atoms with Gasteiger partial charge in [0, 0.05) is 67.5 Å². The summed E-state index contributed by atoms with van der Waals surface area (Å²) < 4.78 is 44.9. The molecule has 6 N–H and O–H groups in total. The first-order chi connectivity index (χ1) is 26.3. The standard InChI is InChI=1S/C18H23ClN6S.C18H19F3N6OS/c19-12-10-22-7-3-13(12)26-17-16(21)24-15(11-23-17)25-8-5-18(6-9-25)4-1-2-14(18)20;1-11-26-17(10-28-11)4-7-27(8-5-17)13-9-24-16(15(22)25-13)29-12-3-2-6-23-14(12)18(19,20)21/h3,7,10-11,14H,1-2,4-6,8-9,20H2,(H2,21,24);2-3,6,9H,4-5,7-8,10H2,1H3,(H2,22,25)/t14-;/m1./s1. The Morgan fingerprint density at radius 3 is 1.98 bits per heavy atom. The van der Waals surface area contributed by atoms with E-state index in [0.717, 1.165) is 92.9 Å². The summed E-state index contributed by atoms with van der Waals surface area (Å²) in [6, 6.07) is 4.98. The number of ether oxygens (including phenoxy) is 1. The third-order valence-corrected chi connectivity index (χ3v) is 13.3. The molecule has 1 atom stereocenters. The van der Waals surface area contributed by atoms with E-state index in [2.05, 4.69) is 44.7 Å². The Morgan fingerprint density at radius 2 is 1.45 bits per heavy atom. The molecule has 2 spiro atoms. The van der Waals surface area contributed by atoms with Crippen LogP contribution in [0.2, 0.25) is 5.02 Å². The summed E-state index contributed by atoms with van der Waals surface area (Å²) in [5, 5.41) is 1.45. The second kappa shape index (κ2) is 16.2. The molecule has 0 amide bonds. The van der Waals surface area contributed by atoms with Crippen LogP contribution in [-0.2, 0) is 10.9 Å². The van der Waals surface area contributed by atoms with Crippen LogP contribution in [0.3, 0.4) is 0 Å². The summed E-state index contributed by atoms with van der Waals surface area (Å²) in [5.41, 5.74) is 17.7. The molecule has 1 saturated carbocycles. The predicted octanol–water partition coefficient (Wildman–Crippen LogP) is 6.77. The van der Waals surface area contributed by atoms with Crippen molar-refractivity contribution in [2.75, 3.05) is 54.1 Å². The number of pyridine rings is 2. The quantitative estimate of drug-likeness (QED) is 0.185. The van der Waals surface area contributed by atoms with Gasteiger partial charge in [0.15, 0.2) is 23.2 Å². The zero-order valence-electron chi connectivity index (χ0n) is 30.2. The van der Waals surface area contributed by atoms with Gasteiger partial charge in [0.25, 0.3) is 0 Å². The second-order valence-electron chi connectivity index (χ2n) is 14.2. The van der Waals surface area contributed by atoms with Gasteiger partial charge in [-0.15, -0.1) is 0 Å². The summed E-state index contributed by atoms with van der Waals surface area (Å²) >= 11 is 8.37. The van der Waals surface area contributed by atoms with E-state index in [1.54, 1.807) is 24.8 Å². The van der Waals surface area contributed by atoms with Crippen molar-refractivity contribution in [1.29, 1.82) is 0 Å². The summed E-state index contributed by atoms with van der Waals surface area (Å²) in [6.07, 6.45) is 10.8. The topological polar surface area (TPSA) is 183 Å². The lowest BCUT2D eigenvalue weighted by atomic mass is 9.74. The van der Waals surface area contributed by atoms with Crippen molar-refractivity contribution in [3.63, 3.8) is 0 Å². The fourth-order valence-electron chi connectivity index (χ4n) is 7.58. The average molecular weight is 815 g/mol. The van der Waals surface area contributed by atoms with Gasteiger partial charge in [-0.2, -0.15) is 13.2 Å². The molecule has 1 aliphatic carbocycles. The zero-order valence-corrected chi connectivity index (χ0v) is 32.6. The van der Waals surface area contributed by atoms with E-state index in [4.69, 9.17) is 33.5 Å².